The number of carbonyl (C=O) groups excluding carboxylic acids is 2. The molecular formula is C24H23N3O4. The number of amides is 1. The molecule has 2 aromatic carbocycles. The highest BCUT2D eigenvalue weighted by Crippen LogP contribution is 2.31. The molecule has 0 fully saturated rings. The molecule has 7 heteroatoms. The minimum atomic E-state index is -0.566. The molecule has 0 radical (unpaired) electrons. The molecule has 2 heterocycles. The third kappa shape index (κ3) is 4.61. The first kappa shape index (κ1) is 20.3. The number of aromatic amines is 2. The van der Waals surface area contributed by atoms with E-state index in [-0.39, 0.29) is 18.4 Å². The fourth-order valence-corrected chi connectivity index (χ4v) is 3.56. The Morgan fingerprint density at radius 3 is 2.55 bits per heavy atom. The van der Waals surface area contributed by atoms with Gasteiger partial charge in [0.1, 0.15) is 11.4 Å². The Morgan fingerprint density at radius 1 is 1.00 bits per heavy atom. The summed E-state index contributed by atoms with van der Waals surface area (Å²) in [6, 6.07) is 19.1. The van der Waals surface area contributed by atoms with Crippen molar-refractivity contribution in [1.29, 1.82) is 0 Å². The molecule has 0 aliphatic rings. The molecule has 0 unspecified atom stereocenters. The molecule has 1 atom stereocenters. The molecule has 4 aromatic rings. The van der Waals surface area contributed by atoms with Crippen LogP contribution in [0.2, 0.25) is 0 Å². The Morgan fingerprint density at radius 2 is 1.81 bits per heavy atom. The van der Waals surface area contributed by atoms with Crippen LogP contribution >= 0.6 is 0 Å². The maximum absolute atomic E-state index is 12.4. The Bertz CT molecular complexity index is 1160. The molecule has 0 aliphatic heterocycles. The van der Waals surface area contributed by atoms with E-state index in [2.05, 4.69) is 21.4 Å². The van der Waals surface area contributed by atoms with Crippen LogP contribution in [0.4, 0.5) is 0 Å². The van der Waals surface area contributed by atoms with Crippen molar-refractivity contribution in [3.8, 4) is 5.75 Å². The van der Waals surface area contributed by atoms with Crippen molar-refractivity contribution >= 4 is 22.8 Å². The Balaban J connectivity index is 1.49. The number of esters is 1. The van der Waals surface area contributed by atoms with Gasteiger partial charge in [-0.15, -0.1) is 0 Å². The van der Waals surface area contributed by atoms with E-state index < -0.39 is 5.97 Å². The first-order valence-corrected chi connectivity index (χ1v) is 9.93. The zero-order chi connectivity index (χ0) is 21.6. The Labute approximate surface area is 179 Å². The monoisotopic (exact) mass is 417 g/mol. The first-order chi connectivity index (χ1) is 15.2. The number of benzene rings is 2. The lowest BCUT2D eigenvalue weighted by molar-refractivity contribution is -0.124. The molecule has 1 amide bonds. The van der Waals surface area contributed by atoms with Gasteiger partial charge in [0.05, 0.1) is 7.11 Å². The summed E-state index contributed by atoms with van der Waals surface area (Å²) < 4.78 is 10.3. The number of fused-ring (bicyclic) bond motifs is 1. The van der Waals surface area contributed by atoms with E-state index in [4.69, 9.17) is 9.47 Å². The normalized spacial score (nSPS) is 11.8. The standard InChI is InChI=1S/C24H23N3O4/c1-30-17-10-8-16(9-11-17)19(20-14-26-21-6-3-2-5-18(20)21)13-27-23(28)15-31-24(29)22-7-4-12-25-22/h2-12,14,19,25-26H,13,15H2,1H3,(H,27,28)/t19-/m0/s1. The topological polar surface area (TPSA) is 96.2 Å². The van der Waals surface area contributed by atoms with Crippen LogP contribution in [-0.2, 0) is 9.53 Å². The molecule has 0 bridgehead atoms. The summed E-state index contributed by atoms with van der Waals surface area (Å²) in [5.74, 6) is -0.256. The predicted octanol–water partition coefficient (Wildman–Crippen LogP) is 3.61. The molecule has 0 saturated carbocycles. The number of carbonyl (C=O) groups is 2. The van der Waals surface area contributed by atoms with Crippen LogP contribution in [0.15, 0.2) is 73.1 Å². The second-order valence-electron chi connectivity index (χ2n) is 7.08. The minimum Gasteiger partial charge on any atom is -0.497 e. The molecule has 3 N–H and O–H groups in total. The van der Waals surface area contributed by atoms with Crippen LogP contribution in [-0.4, -0.2) is 42.1 Å². The number of methoxy groups -OCH3 is 1. The van der Waals surface area contributed by atoms with Crippen molar-refractivity contribution in [3.63, 3.8) is 0 Å². The Kier molecular flexibility index (Phi) is 6.03. The quantitative estimate of drug-likeness (QED) is 0.382. The number of rotatable bonds is 8. The SMILES string of the molecule is COc1ccc([C@H](CNC(=O)COC(=O)c2ccc[nH]2)c2c[nH]c3ccccc23)cc1. The number of ether oxygens (including phenoxy) is 2. The summed E-state index contributed by atoms with van der Waals surface area (Å²) in [7, 11) is 1.63. The first-order valence-electron chi connectivity index (χ1n) is 9.93. The van der Waals surface area contributed by atoms with Crippen molar-refractivity contribution < 1.29 is 19.1 Å². The number of hydrogen-bond donors (Lipinski definition) is 3. The van der Waals surface area contributed by atoms with Crippen LogP contribution in [0.3, 0.4) is 0 Å². The maximum atomic E-state index is 12.4. The second kappa shape index (κ2) is 9.21. The number of aromatic nitrogens is 2. The van der Waals surface area contributed by atoms with Crippen LogP contribution < -0.4 is 10.1 Å². The fraction of sp³-hybridized carbons (Fsp3) is 0.167. The number of H-pyrrole nitrogens is 2. The molecule has 2 aromatic heterocycles. The average molecular weight is 417 g/mol. The van der Waals surface area contributed by atoms with Gasteiger partial charge in [0.25, 0.3) is 5.91 Å². The van der Waals surface area contributed by atoms with Gasteiger partial charge in [-0.1, -0.05) is 30.3 Å². The minimum absolute atomic E-state index is 0.0925. The lowest BCUT2D eigenvalue weighted by Gasteiger charge is -2.18. The van der Waals surface area contributed by atoms with Crippen molar-refractivity contribution in [2.45, 2.75) is 5.92 Å². The molecule has 7 nitrogen and oxygen atoms in total. The molecule has 0 saturated heterocycles. The lowest BCUT2D eigenvalue weighted by atomic mass is 9.91. The summed E-state index contributed by atoms with van der Waals surface area (Å²) in [6.07, 6.45) is 3.59. The van der Waals surface area contributed by atoms with E-state index in [0.717, 1.165) is 27.8 Å². The van der Waals surface area contributed by atoms with Gasteiger partial charge in [0.15, 0.2) is 6.61 Å². The van der Waals surface area contributed by atoms with Crippen LogP contribution in [0.5, 0.6) is 5.75 Å². The zero-order valence-electron chi connectivity index (χ0n) is 17.1. The lowest BCUT2D eigenvalue weighted by Crippen LogP contribution is -2.32. The summed E-state index contributed by atoms with van der Waals surface area (Å²) >= 11 is 0. The third-order valence-electron chi connectivity index (χ3n) is 5.17. The fourth-order valence-electron chi connectivity index (χ4n) is 3.56. The van der Waals surface area contributed by atoms with Crippen molar-refractivity contribution in [3.05, 3.63) is 89.9 Å². The van der Waals surface area contributed by atoms with E-state index in [9.17, 15) is 9.59 Å². The summed E-state index contributed by atoms with van der Waals surface area (Å²) in [4.78, 5) is 30.3. The Hall–Kier alpha value is -4.00. The average Bonchev–Trinajstić information content (AvgIpc) is 3.49. The van der Waals surface area contributed by atoms with E-state index in [1.807, 2.05) is 48.7 Å². The van der Waals surface area contributed by atoms with Crippen LogP contribution in [0, 0.1) is 0 Å². The van der Waals surface area contributed by atoms with E-state index in [0.29, 0.717) is 12.2 Å². The van der Waals surface area contributed by atoms with Gasteiger partial charge in [0.2, 0.25) is 0 Å². The molecule has 0 spiro atoms. The molecule has 0 aliphatic carbocycles. The van der Waals surface area contributed by atoms with Crippen LogP contribution in [0.1, 0.15) is 27.5 Å². The van der Waals surface area contributed by atoms with E-state index in [1.165, 1.54) is 0 Å². The molecule has 158 valence electrons. The van der Waals surface area contributed by atoms with Crippen molar-refractivity contribution in [1.82, 2.24) is 15.3 Å². The highest BCUT2D eigenvalue weighted by atomic mass is 16.5. The number of nitrogens with one attached hydrogen (secondary N) is 3. The highest BCUT2D eigenvalue weighted by Gasteiger charge is 2.20. The summed E-state index contributed by atoms with van der Waals surface area (Å²) in [5.41, 5.74) is 3.45. The molecule has 31 heavy (non-hydrogen) atoms. The van der Waals surface area contributed by atoms with Crippen molar-refractivity contribution in [2.75, 3.05) is 20.3 Å². The van der Waals surface area contributed by atoms with Gasteiger partial charge < -0.3 is 24.8 Å². The predicted molar refractivity (Wildman–Crippen MR) is 117 cm³/mol. The number of hydrogen-bond acceptors (Lipinski definition) is 4. The van der Waals surface area contributed by atoms with Gasteiger partial charge in [-0.05, 0) is 41.5 Å². The number of para-hydroxylation sites is 1. The highest BCUT2D eigenvalue weighted by molar-refractivity contribution is 5.89. The van der Waals surface area contributed by atoms with Crippen molar-refractivity contribution in [2.24, 2.45) is 0 Å². The van der Waals surface area contributed by atoms with E-state index in [1.54, 1.807) is 25.4 Å². The smallest absolute Gasteiger partial charge is 0.355 e. The largest absolute Gasteiger partial charge is 0.497 e. The van der Waals surface area contributed by atoms with Gasteiger partial charge in [-0.3, -0.25) is 4.79 Å². The maximum Gasteiger partial charge on any atom is 0.355 e. The summed E-state index contributed by atoms with van der Waals surface area (Å²) in [6.45, 7) is 0.00807. The second-order valence-corrected chi connectivity index (χ2v) is 7.08. The van der Waals surface area contributed by atoms with Gasteiger partial charge in [0, 0.05) is 35.8 Å². The van der Waals surface area contributed by atoms with Gasteiger partial charge in [-0.2, -0.15) is 0 Å². The molecule has 4 rings (SSSR count). The summed E-state index contributed by atoms with van der Waals surface area (Å²) in [5, 5.41) is 3.99. The van der Waals surface area contributed by atoms with Gasteiger partial charge >= 0.3 is 5.97 Å². The molecular weight excluding hydrogens is 394 g/mol. The third-order valence-corrected chi connectivity index (χ3v) is 5.17. The van der Waals surface area contributed by atoms with Crippen LogP contribution in [0.25, 0.3) is 10.9 Å². The van der Waals surface area contributed by atoms with Gasteiger partial charge in [-0.25, -0.2) is 4.79 Å². The van der Waals surface area contributed by atoms with E-state index >= 15 is 0 Å². The zero-order valence-corrected chi connectivity index (χ0v) is 17.1.